The van der Waals surface area contributed by atoms with Gasteiger partial charge in [0.05, 0.1) is 119 Å². The molecule has 0 aromatic carbocycles. The van der Waals surface area contributed by atoms with E-state index in [9.17, 15) is 139 Å². The van der Waals surface area contributed by atoms with Crippen LogP contribution in [0.15, 0.2) is 0 Å². The molecule has 0 amide bonds. The minimum atomic E-state index is -5.02. The quantitative estimate of drug-likeness (QED) is 0.0197. The van der Waals surface area contributed by atoms with Gasteiger partial charge in [0.2, 0.25) is 41.6 Å². The molecule has 5 saturated heterocycles. The third-order valence-electron chi connectivity index (χ3n) is 10.7. The summed E-state index contributed by atoms with van der Waals surface area (Å²) in [7, 11) is -38.2. The number of carboxylic acid groups (broad SMARTS) is 2. The fourth-order valence-corrected chi connectivity index (χ4v) is 10.7. The summed E-state index contributed by atoms with van der Waals surface area (Å²) in [6.07, 6.45) is -19.6. The Labute approximate surface area is 776 Å². The van der Waals surface area contributed by atoms with Gasteiger partial charge in [-0.1, -0.05) is 0 Å². The monoisotopic (exact) mass is 1740 g/mol. The number of ether oxygens (including phenoxy) is 6. The van der Waals surface area contributed by atoms with Gasteiger partial charge in [-0.2, -0.15) is 18.6 Å². The molecule has 0 aromatic heterocycles. The number of hydrogen-bond acceptors (Lipinski definition) is 46. The van der Waals surface area contributed by atoms with E-state index in [1.54, 1.807) is 4.72 Å². The number of methoxy groups -OCH3 is 1. The van der Waals surface area contributed by atoms with Gasteiger partial charge in [0.1, 0.15) is 36.6 Å². The fourth-order valence-electron chi connectivity index (χ4n) is 6.96. The van der Waals surface area contributed by atoms with Crippen molar-refractivity contribution in [2.75, 3.05) is 53.4 Å². The Morgan fingerprint density at radius 3 is 1.22 bits per heavy atom. The molecule has 101 heavy (non-hydrogen) atoms. The number of carbonyl (C=O) groups excluding carboxylic acids is 2. The van der Waals surface area contributed by atoms with Crippen molar-refractivity contribution < 1.29 is 491 Å². The number of aliphatic carboxylic acids is 2. The molecule has 5 fully saturated rings. The smallest absolute Gasteiger partial charge is 0.735 e. The fraction of sp³-hybridized carbons (Fsp3) is 0.935. The molecule has 0 radical (unpaired) electrons. The van der Waals surface area contributed by atoms with Crippen LogP contribution < -0.4 is 296 Å². The van der Waals surface area contributed by atoms with Crippen molar-refractivity contribution >= 4 is 94.8 Å². The first kappa shape index (κ1) is 136. The number of aliphatic hydroxyl groups is 6. The molecule has 5 aliphatic rings. The summed E-state index contributed by atoms with van der Waals surface area (Å²) in [6, 6.07) is -4.18. The third kappa shape index (κ3) is 64.0. The number of nitrogens with two attached hydrogens (primary N) is 1. The van der Waals surface area contributed by atoms with E-state index in [4.69, 9.17) is 29.2 Å². The van der Waals surface area contributed by atoms with Crippen LogP contribution in [-0.4, -0.2) is 321 Å². The van der Waals surface area contributed by atoms with Crippen molar-refractivity contribution in [3.05, 3.63) is 0 Å². The van der Waals surface area contributed by atoms with Gasteiger partial charge < -0.3 is 133 Å². The van der Waals surface area contributed by atoms with Crippen LogP contribution in [0.5, 0.6) is 0 Å². The van der Waals surface area contributed by atoms with E-state index in [2.05, 4.69) is 40.6 Å². The van der Waals surface area contributed by atoms with E-state index in [1.807, 2.05) is 0 Å². The van der Waals surface area contributed by atoms with Gasteiger partial charge in [0.15, 0.2) is 37.2 Å². The molecule has 0 bridgehead atoms. The molecule has 0 aromatic rings. The normalized spacial score (nSPS) is 27.8. The summed E-state index contributed by atoms with van der Waals surface area (Å²) in [5.41, 5.74) is 0. The molecule has 70 heteroatoms. The van der Waals surface area contributed by atoms with Gasteiger partial charge >= 0.3 is 276 Å². The van der Waals surface area contributed by atoms with Crippen molar-refractivity contribution in [1.82, 2.24) is 14.2 Å². The number of carboxylic acids is 2. The second-order valence-corrected chi connectivity index (χ2v) is 26.2. The standard InChI is InChI=1S/C7H15NO10S2.C6H14N2O12S3.C6H13NO10S2.C6H10O8S.C6H10O5.9Na.4H2O/c1-16-7-6(8-19(10,11)12)5(9)2-4(18-7)3-17-20(13,14)15;7-20-23(15,16)19-6-1-4(2-18-22(12,13)14)17-3-5(6)8-21(9,10)11;8-5-3(7-18(10,11)12)1-16-4(6(5)9)2-17-19(13,14)15;7-3-1-4(6(8)9)13-2-5(3)14-15(10,11)12;7-3-1-5(6(9)10)11-2-4(3)8;;;;;;;;;;;;;/h4-9H,2-3H2,1H3,(H,10,11,12)(H,13,14,15);4-6,8H,1-3,7H2,(H,9,10,11)(H,12,13,14);3-9H,1-2H2,(H,10,11,12)(H,13,14,15);3-5,7H,1-2H2,(H,8,9)(H,10,11,12);3-5,7-8H,1-2H2,(H,9,10);;;;;;;;;;4*1H2/q;;;;;9*+1;;;;/p-9. The minimum Gasteiger partial charge on any atom is -0.735 e. The molecule has 0 spiro atoms. The maximum absolute atomic E-state index is 11.2. The average Bonchev–Trinajstić information content (AvgIpc) is 0.844. The van der Waals surface area contributed by atoms with Gasteiger partial charge in [-0.05, 0) is 0 Å². The zero-order chi connectivity index (χ0) is 68.4. The number of carbonyl (C=O) groups is 2. The first-order chi connectivity index (χ1) is 39.7. The molecule has 0 saturated carbocycles. The number of nitrogens with one attached hydrogen (secondary N) is 3. The number of aliphatic hydroxyl groups excluding tert-OH is 6. The van der Waals surface area contributed by atoms with Crippen molar-refractivity contribution in [2.24, 2.45) is 5.90 Å². The zero-order valence-corrected chi connectivity index (χ0v) is 79.1. The summed E-state index contributed by atoms with van der Waals surface area (Å²) in [4.78, 5) is 20.5. The van der Waals surface area contributed by atoms with Crippen LogP contribution in [0.4, 0.5) is 0 Å². The summed E-state index contributed by atoms with van der Waals surface area (Å²) in [6.45, 7) is -4.01. The third-order valence-corrected chi connectivity index (χ3v) is 15.0. The molecule has 17 atom stereocenters. The molecule has 5 aliphatic heterocycles. The zero-order valence-electron chi connectivity index (χ0n) is 54.5. The molecule has 0 aliphatic carbocycles. The number of hydrogen-bond donors (Lipinski definition) is 10. The van der Waals surface area contributed by atoms with Gasteiger partial charge in [-0.15, -0.1) is 0 Å². The SMILES string of the molecule is COC1OC(COS(=O)(=O)[O-])CC(O)C1NS(=O)(=O)[O-].NOS(=O)(=O)OC1CC(COS(=O)(=O)[O-])OCC1NS(=O)(=O)[O-].O.O.O.O.O=C([O-])C1CC(O)C(O)CO1.O=C([O-])C1CC(O)C(OS(=O)(=O)[O-])CO1.O=S(=O)([O-])NC1COC(COS(=O)(=O)[O-])C(O)C1O.[Na+].[Na+].[Na+].[Na+].[Na+].[Na+].[Na+].[Na+].[Na+]. The van der Waals surface area contributed by atoms with Gasteiger partial charge in [0.25, 0.3) is 0 Å². The maximum atomic E-state index is 11.2. The van der Waals surface area contributed by atoms with Crippen LogP contribution in [0.25, 0.3) is 0 Å². The minimum absolute atomic E-state index is 0. The van der Waals surface area contributed by atoms with Crippen LogP contribution in [0, 0.1) is 0 Å². The second-order valence-electron chi connectivity index (χ2n) is 17.4. The topological polar surface area (TPSA) is 935 Å². The van der Waals surface area contributed by atoms with Crippen LogP contribution >= 0.6 is 0 Å². The van der Waals surface area contributed by atoms with E-state index in [0.717, 1.165) is 7.11 Å². The van der Waals surface area contributed by atoms with Crippen LogP contribution in [0.1, 0.15) is 25.7 Å². The number of rotatable bonds is 23. The molecule has 556 valence electrons. The van der Waals surface area contributed by atoms with E-state index >= 15 is 0 Å². The molecule has 19 N–H and O–H groups in total. The molecule has 5 heterocycles. The first-order valence-electron chi connectivity index (χ1n) is 22.8. The summed E-state index contributed by atoms with van der Waals surface area (Å²) >= 11 is 0. The Kier molecular flexibility index (Phi) is 84.3. The van der Waals surface area contributed by atoms with Gasteiger partial charge in [0, 0.05) is 32.8 Å². The van der Waals surface area contributed by atoms with Crippen molar-refractivity contribution in [1.29, 1.82) is 0 Å². The maximum Gasteiger partial charge on any atom is 1.00 e. The molecule has 17 unspecified atom stereocenters. The Bertz CT molecular complexity index is 3190. The molecular weight excluding hydrogens is 1680 g/mol. The average molecular weight is 1740 g/mol. The largest absolute Gasteiger partial charge is 1.00 e. The van der Waals surface area contributed by atoms with Crippen LogP contribution in [0.3, 0.4) is 0 Å². The Hall–Kier alpha value is 6.22. The van der Waals surface area contributed by atoms with Crippen molar-refractivity contribution in [3.63, 3.8) is 0 Å². The van der Waals surface area contributed by atoms with E-state index in [1.165, 1.54) is 9.44 Å². The Morgan fingerprint density at radius 1 is 0.446 bits per heavy atom. The van der Waals surface area contributed by atoms with Crippen LogP contribution in [-0.2, 0) is 146 Å². The summed E-state index contributed by atoms with van der Waals surface area (Å²) < 4.78 is 298. The first-order valence-corrected chi connectivity index (χ1v) is 33.7. The Morgan fingerprint density at radius 2 is 0.842 bits per heavy atom. The van der Waals surface area contributed by atoms with E-state index in [0.29, 0.717) is 0 Å². The van der Waals surface area contributed by atoms with Gasteiger partial charge in [-0.3, -0.25) is 16.7 Å². The van der Waals surface area contributed by atoms with Crippen molar-refractivity contribution in [2.45, 2.75) is 129 Å². The summed E-state index contributed by atoms with van der Waals surface area (Å²) in [5, 5.41) is 76.4. The summed E-state index contributed by atoms with van der Waals surface area (Å²) in [5.74, 6) is 1.59. The predicted octanol–water partition coefficient (Wildman–Crippen LogP) is -47.1. The molecular formula is C31H61N4Na9O49S8. The van der Waals surface area contributed by atoms with Gasteiger partial charge in [-0.25, -0.2) is 77.3 Å². The molecule has 53 nitrogen and oxygen atoms in total. The molecule has 5 rings (SSSR count). The predicted molar refractivity (Wildman–Crippen MR) is 264 cm³/mol. The van der Waals surface area contributed by atoms with E-state index in [-0.39, 0.29) is 314 Å². The van der Waals surface area contributed by atoms with Crippen LogP contribution in [0.2, 0.25) is 0 Å². The Balaban J connectivity index is -0.0000000856. The van der Waals surface area contributed by atoms with Crippen molar-refractivity contribution in [3.8, 4) is 0 Å². The second kappa shape index (κ2) is 62.5. The van der Waals surface area contributed by atoms with E-state index < -0.39 is 245 Å².